The fraction of sp³-hybridized carbons (Fsp3) is 0.360. The highest BCUT2D eigenvalue weighted by molar-refractivity contribution is 7.25. The van der Waals surface area contributed by atoms with Gasteiger partial charge < -0.3 is 14.7 Å². The van der Waals surface area contributed by atoms with E-state index in [-0.39, 0.29) is 44.7 Å². The van der Waals surface area contributed by atoms with E-state index in [1.54, 1.807) is 0 Å². The Balaban J connectivity index is 1.04. The number of thiophene rings is 1. The zero-order chi connectivity index (χ0) is 55.7. The van der Waals surface area contributed by atoms with Crippen molar-refractivity contribution in [3.8, 4) is 0 Å². The van der Waals surface area contributed by atoms with E-state index in [9.17, 15) is 0 Å². The average molecular weight is 1060 g/mol. The summed E-state index contributed by atoms with van der Waals surface area (Å²) in [6.07, 6.45) is 5.97. The fourth-order valence-electron chi connectivity index (χ4n) is 17.5. The van der Waals surface area contributed by atoms with Crippen LogP contribution < -0.4 is 31.1 Å². The van der Waals surface area contributed by atoms with Crippen LogP contribution >= 0.6 is 11.3 Å². The lowest BCUT2D eigenvalue weighted by molar-refractivity contribution is 0.195. The zero-order valence-electron chi connectivity index (χ0n) is 50.1. The van der Waals surface area contributed by atoms with Crippen LogP contribution in [0.15, 0.2) is 140 Å². The molecule has 2 unspecified atom stereocenters. The van der Waals surface area contributed by atoms with Crippen LogP contribution in [-0.2, 0) is 32.5 Å². The Hall–Kier alpha value is -6.56. The van der Waals surface area contributed by atoms with E-state index in [1.165, 1.54) is 157 Å². The van der Waals surface area contributed by atoms with Crippen molar-refractivity contribution in [2.75, 3.05) is 14.7 Å². The molecule has 0 saturated heterocycles. The molecule has 0 N–H and O–H groups in total. The van der Waals surface area contributed by atoms with Crippen molar-refractivity contribution in [2.45, 2.75) is 174 Å². The van der Waals surface area contributed by atoms with E-state index in [2.05, 4.69) is 258 Å². The van der Waals surface area contributed by atoms with Gasteiger partial charge >= 0.3 is 0 Å². The van der Waals surface area contributed by atoms with Crippen molar-refractivity contribution in [2.24, 2.45) is 0 Å². The highest BCUT2D eigenvalue weighted by atomic mass is 32.1. The van der Waals surface area contributed by atoms with Gasteiger partial charge in [0.2, 0.25) is 0 Å². The fourth-order valence-corrected chi connectivity index (χ4v) is 18.6. The molecule has 9 aromatic rings. The molecule has 3 nitrogen and oxygen atoms in total. The number of anilines is 8. The molecule has 5 heteroatoms. The summed E-state index contributed by atoms with van der Waals surface area (Å²) in [7, 11) is 0. The van der Waals surface area contributed by atoms with Crippen LogP contribution in [0.4, 0.5) is 45.5 Å². The molecule has 4 heterocycles. The Labute approximate surface area is 481 Å². The maximum atomic E-state index is 2.81. The molecule has 6 aliphatic rings. The van der Waals surface area contributed by atoms with E-state index >= 15 is 0 Å². The summed E-state index contributed by atoms with van der Waals surface area (Å²) in [5, 5.41) is 2.65. The first kappa shape index (κ1) is 50.4. The number of aryl methyl sites for hydroxylation is 2. The highest BCUT2D eigenvalue weighted by Crippen LogP contribution is 2.62. The Morgan fingerprint density at radius 3 is 1.80 bits per heavy atom. The molecule has 1 saturated carbocycles. The summed E-state index contributed by atoms with van der Waals surface area (Å²) in [4.78, 5) is 8.25. The molecular formula is C75H78BN3S. The molecule has 80 heavy (non-hydrogen) atoms. The molecule has 8 aromatic carbocycles. The molecule has 0 amide bonds. The summed E-state index contributed by atoms with van der Waals surface area (Å²) in [5.74, 6) is 0. The number of fused-ring (bicyclic) bond motifs is 13. The van der Waals surface area contributed by atoms with Crippen LogP contribution in [-0.4, -0.2) is 12.3 Å². The van der Waals surface area contributed by atoms with Gasteiger partial charge in [0.1, 0.15) is 0 Å². The summed E-state index contributed by atoms with van der Waals surface area (Å²) >= 11 is 1.91. The topological polar surface area (TPSA) is 9.72 Å². The lowest BCUT2D eigenvalue weighted by atomic mass is 9.33. The first-order valence-corrected chi connectivity index (χ1v) is 30.9. The van der Waals surface area contributed by atoms with Crippen molar-refractivity contribution in [3.63, 3.8) is 0 Å². The molecule has 402 valence electrons. The number of rotatable bonds is 3. The van der Waals surface area contributed by atoms with Crippen LogP contribution in [0, 0.1) is 13.8 Å². The Kier molecular flexibility index (Phi) is 10.2. The molecule has 0 bridgehead atoms. The van der Waals surface area contributed by atoms with Gasteiger partial charge in [-0.15, -0.1) is 11.3 Å². The van der Waals surface area contributed by atoms with E-state index in [1.807, 2.05) is 11.3 Å². The summed E-state index contributed by atoms with van der Waals surface area (Å²) in [6, 6.07) is 56.5. The molecule has 3 aliphatic carbocycles. The monoisotopic (exact) mass is 1060 g/mol. The van der Waals surface area contributed by atoms with Crippen molar-refractivity contribution >= 4 is 100 Å². The van der Waals surface area contributed by atoms with Gasteiger partial charge in [0.25, 0.3) is 6.71 Å². The zero-order valence-corrected chi connectivity index (χ0v) is 51.0. The van der Waals surface area contributed by atoms with E-state index in [0.717, 1.165) is 12.8 Å². The molecule has 1 aromatic heterocycles. The molecule has 2 atom stereocenters. The van der Waals surface area contributed by atoms with E-state index in [0.29, 0.717) is 0 Å². The molecule has 15 rings (SSSR count). The largest absolute Gasteiger partial charge is 0.334 e. The molecule has 3 aliphatic heterocycles. The second-order valence-electron chi connectivity index (χ2n) is 29.4. The van der Waals surface area contributed by atoms with Gasteiger partial charge in [-0.1, -0.05) is 169 Å². The van der Waals surface area contributed by atoms with Crippen LogP contribution in [0.2, 0.25) is 0 Å². The molecule has 0 spiro atoms. The molecule has 0 radical (unpaired) electrons. The maximum absolute atomic E-state index is 2.81. The third-order valence-electron chi connectivity index (χ3n) is 21.7. The Bertz CT molecular complexity index is 4200. The van der Waals surface area contributed by atoms with Gasteiger partial charge in [0.05, 0.1) is 5.54 Å². The third kappa shape index (κ3) is 6.56. The predicted molar refractivity (Wildman–Crippen MR) is 346 cm³/mol. The van der Waals surface area contributed by atoms with Crippen molar-refractivity contribution in [1.82, 2.24) is 0 Å². The van der Waals surface area contributed by atoms with Gasteiger partial charge in [-0.2, -0.15) is 0 Å². The van der Waals surface area contributed by atoms with Crippen molar-refractivity contribution in [1.29, 1.82) is 0 Å². The van der Waals surface area contributed by atoms with E-state index < -0.39 is 0 Å². The summed E-state index contributed by atoms with van der Waals surface area (Å²) in [6.45, 7) is 36.8. The summed E-state index contributed by atoms with van der Waals surface area (Å²) in [5.41, 5.74) is 28.4. The van der Waals surface area contributed by atoms with Crippen LogP contribution in [0.25, 0.3) is 20.2 Å². The van der Waals surface area contributed by atoms with Gasteiger partial charge in [0.15, 0.2) is 0 Å². The van der Waals surface area contributed by atoms with Gasteiger partial charge in [-0.3, -0.25) is 0 Å². The Morgan fingerprint density at radius 1 is 0.463 bits per heavy atom. The third-order valence-corrected chi connectivity index (χ3v) is 22.9. The van der Waals surface area contributed by atoms with Crippen molar-refractivity contribution in [3.05, 3.63) is 195 Å². The second-order valence-corrected chi connectivity index (χ2v) is 30.4. The van der Waals surface area contributed by atoms with Gasteiger partial charge in [0, 0.05) is 81.9 Å². The highest BCUT2D eigenvalue weighted by Gasteiger charge is 2.58. The first-order valence-electron chi connectivity index (χ1n) is 30.0. The number of hydrogen-bond acceptors (Lipinski definition) is 4. The first-order chi connectivity index (χ1) is 37.8. The minimum absolute atomic E-state index is 0.00576. The lowest BCUT2D eigenvalue weighted by Crippen LogP contribution is -2.62. The molecular weight excluding hydrogens is 986 g/mol. The van der Waals surface area contributed by atoms with Gasteiger partial charge in [-0.25, -0.2) is 0 Å². The minimum Gasteiger partial charge on any atom is -0.334 e. The number of hydrogen-bond donors (Lipinski definition) is 0. The summed E-state index contributed by atoms with van der Waals surface area (Å²) < 4.78 is 2.66. The molecule has 1 fully saturated rings. The maximum Gasteiger partial charge on any atom is 0.252 e. The minimum atomic E-state index is -0.221. The second kappa shape index (κ2) is 16.1. The SMILES string of the molecule is Cc1cc2c3c(c1)N(c1cc4c(cc1C)C(C)(C)CC4(C)C)c1cc4c(cc1B3c1ccc(N3c5ccc(C(C)(C)C)cc5C5(C)CCCCC35C)cc1N2c1ccc2sc3ccccc3c2c1)C(C)(C)c1ccccc1C4(C)C. The average Bonchev–Trinajstić information content (AvgIpc) is 3.99. The van der Waals surface area contributed by atoms with Crippen molar-refractivity contribution < 1.29 is 0 Å². The van der Waals surface area contributed by atoms with Crippen LogP contribution in [0.1, 0.15) is 178 Å². The number of nitrogens with zero attached hydrogens (tertiary/aromatic N) is 3. The van der Waals surface area contributed by atoms with Gasteiger partial charge in [-0.05, 0) is 195 Å². The van der Waals surface area contributed by atoms with Crippen LogP contribution in [0.3, 0.4) is 0 Å². The quantitative estimate of drug-likeness (QED) is 0.163. The Morgan fingerprint density at radius 2 is 1.07 bits per heavy atom. The van der Waals surface area contributed by atoms with E-state index in [4.69, 9.17) is 0 Å². The number of benzene rings is 8. The standard InChI is InChI=1S/C75H78BN3S/c1-44-34-64-68-65(35-44)78(61-41-54-53(36-45(61)2)70(6,7)43-71(54,8)9)63-42-56-55(72(10,11)51-23-17-18-24-52(51)73(56,12)13)40-59(63)76(68)58-29-27-48(39-62(58)77(64)47-28-31-67-50(38-47)49-22-16-19-25-66(49)80-67)79-60-30-26-46(69(3,4)5)37-57(60)74(14)32-20-21-33-75(74,79)15/h16-19,22-31,34-42H,20-21,32-33,43H2,1-15H3. The smallest absolute Gasteiger partial charge is 0.252 e. The van der Waals surface area contributed by atoms with Crippen LogP contribution in [0.5, 0.6) is 0 Å². The lowest BCUT2D eigenvalue weighted by Gasteiger charge is -2.51. The normalized spacial score (nSPS) is 22.1. The predicted octanol–water partition coefficient (Wildman–Crippen LogP) is 18.7.